The van der Waals surface area contributed by atoms with Gasteiger partial charge in [0.2, 0.25) is 0 Å². The van der Waals surface area contributed by atoms with Crippen LogP contribution in [0, 0.1) is 11.3 Å². The van der Waals surface area contributed by atoms with E-state index in [9.17, 15) is 10.1 Å². The highest BCUT2D eigenvalue weighted by Gasteiger charge is 2.11. The van der Waals surface area contributed by atoms with Gasteiger partial charge in [0, 0.05) is 11.9 Å². The molecule has 2 N–H and O–H groups in total. The summed E-state index contributed by atoms with van der Waals surface area (Å²) in [6.07, 6.45) is 1.32. The molecule has 0 aliphatic rings. The van der Waals surface area contributed by atoms with Gasteiger partial charge >= 0.3 is 0 Å². The first-order valence-corrected chi connectivity index (χ1v) is 7.61. The number of benzene rings is 2. The Morgan fingerprint density at radius 2 is 1.88 bits per heavy atom. The molecule has 0 saturated carbocycles. The van der Waals surface area contributed by atoms with Crippen LogP contribution in [-0.2, 0) is 4.79 Å². The van der Waals surface area contributed by atoms with Crippen molar-refractivity contribution >= 4 is 28.9 Å². The maximum atomic E-state index is 12.2. The monoisotopic (exact) mass is 357 g/mol. The van der Waals surface area contributed by atoms with Gasteiger partial charge in [-0.3, -0.25) is 4.79 Å². The van der Waals surface area contributed by atoms with E-state index in [0.717, 1.165) is 0 Å². The number of amides is 1. The van der Waals surface area contributed by atoms with Crippen LogP contribution in [-0.4, -0.2) is 20.1 Å². The van der Waals surface area contributed by atoms with Gasteiger partial charge in [-0.15, -0.1) is 0 Å². The van der Waals surface area contributed by atoms with Crippen LogP contribution in [0.3, 0.4) is 0 Å². The van der Waals surface area contributed by atoms with Crippen molar-refractivity contribution in [3.8, 4) is 17.6 Å². The molecule has 0 saturated heterocycles. The number of ether oxygens (including phenoxy) is 2. The molecule has 0 heterocycles. The summed E-state index contributed by atoms with van der Waals surface area (Å²) in [4.78, 5) is 12.2. The molecule has 0 atom stereocenters. The van der Waals surface area contributed by atoms with Gasteiger partial charge in [-0.1, -0.05) is 23.7 Å². The molecule has 0 unspecified atom stereocenters. The molecule has 0 bridgehead atoms. The Bertz CT molecular complexity index is 844. The van der Waals surface area contributed by atoms with Crippen LogP contribution < -0.4 is 20.1 Å². The Balaban J connectivity index is 2.13. The quantitative estimate of drug-likeness (QED) is 0.606. The molecule has 7 heteroatoms. The van der Waals surface area contributed by atoms with Crippen LogP contribution in [0.4, 0.5) is 11.4 Å². The Morgan fingerprint density at radius 1 is 1.16 bits per heavy atom. The fraction of sp³-hybridized carbons (Fsp3) is 0.111. The van der Waals surface area contributed by atoms with Crippen LogP contribution in [0.15, 0.2) is 54.2 Å². The van der Waals surface area contributed by atoms with Crippen molar-refractivity contribution in [1.82, 2.24) is 0 Å². The minimum atomic E-state index is -0.564. The lowest BCUT2D eigenvalue weighted by atomic mass is 10.2. The topological polar surface area (TPSA) is 83.4 Å². The largest absolute Gasteiger partial charge is 0.495 e. The van der Waals surface area contributed by atoms with Crippen molar-refractivity contribution in [2.45, 2.75) is 0 Å². The smallest absolute Gasteiger partial charge is 0.267 e. The van der Waals surface area contributed by atoms with E-state index in [0.29, 0.717) is 27.9 Å². The molecule has 2 rings (SSSR count). The number of nitrogens with zero attached hydrogens (tertiary/aromatic N) is 1. The molecule has 0 aliphatic heterocycles. The Morgan fingerprint density at radius 3 is 2.52 bits per heavy atom. The van der Waals surface area contributed by atoms with Gasteiger partial charge in [-0.05, 0) is 30.3 Å². The minimum Gasteiger partial charge on any atom is -0.495 e. The number of halogens is 1. The number of nitriles is 1. The highest BCUT2D eigenvalue weighted by atomic mass is 35.5. The van der Waals surface area contributed by atoms with E-state index in [1.807, 2.05) is 18.2 Å². The van der Waals surface area contributed by atoms with Gasteiger partial charge in [0.25, 0.3) is 5.91 Å². The van der Waals surface area contributed by atoms with Gasteiger partial charge in [0.15, 0.2) is 0 Å². The first kappa shape index (κ1) is 18.2. The lowest BCUT2D eigenvalue weighted by Gasteiger charge is -2.09. The molecular weight excluding hydrogens is 342 g/mol. The molecule has 25 heavy (non-hydrogen) atoms. The van der Waals surface area contributed by atoms with Crippen molar-refractivity contribution in [1.29, 1.82) is 5.26 Å². The van der Waals surface area contributed by atoms with E-state index in [1.165, 1.54) is 20.4 Å². The minimum absolute atomic E-state index is 0.0992. The Hall–Kier alpha value is -3.17. The number of carbonyl (C=O) groups is 1. The molecule has 2 aromatic rings. The van der Waals surface area contributed by atoms with E-state index in [-0.39, 0.29) is 5.57 Å². The third kappa shape index (κ3) is 4.66. The summed E-state index contributed by atoms with van der Waals surface area (Å²) in [5.74, 6) is 0.526. The van der Waals surface area contributed by atoms with E-state index in [1.54, 1.807) is 30.3 Å². The molecular formula is C18H16ClN3O3. The van der Waals surface area contributed by atoms with Crippen LogP contribution in [0.2, 0.25) is 5.02 Å². The van der Waals surface area contributed by atoms with Gasteiger partial charge in [0.05, 0.1) is 24.9 Å². The average Bonchev–Trinajstić information content (AvgIpc) is 2.62. The van der Waals surface area contributed by atoms with E-state index in [2.05, 4.69) is 10.6 Å². The number of hydrogen-bond donors (Lipinski definition) is 2. The van der Waals surface area contributed by atoms with Crippen LogP contribution in [0.25, 0.3) is 0 Å². The molecule has 0 aliphatic carbocycles. The second-order valence-electron chi connectivity index (χ2n) is 4.82. The van der Waals surface area contributed by atoms with E-state index >= 15 is 0 Å². The number of rotatable bonds is 6. The van der Waals surface area contributed by atoms with Gasteiger partial charge in [-0.2, -0.15) is 5.26 Å². The molecule has 0 spiro atoms. The van der Waals surface area contributed by atoms with Crippen LogP contribution in [0.1, 0.15) is 0 Å². The zero-order valence-corrected chi connectivity index (χ0v) is 14.4. The second-order valence-corrected chi connectivity index (χ2v) is 5.23. The Kier molecular flexibility index (Phi) is 6.26. The standard InChI is InChI=1S/C18H16ClN3O3/c1-24-16-8-7-13(9-14(16)19)22-18(23)12(10-20)11-21-15-5-3-4-6-17(15)25-2/h3-9,11,21H,1-2H3,(H,22,23)/b12-11-. The van der Waals surface area contributed by atoms with Crippen LogP contribution in [0.5, 0.6) is 11.5 Å². The maximum Gasteiger partial charge on any atom is 0.267 e. The summed E-state index contributed by atoms with van der Waals surface area (Å²) >= 11 is 6.02. The highest BCUT2D eigenvalue weighted by Crippen LogP contribution is 2.27. The van der Waals surface area contributed by atoms with Gasteiger partial charge in [0.1, 0.15) is 23.1 Å². The summed E-state index contributed by atoms with van der Waals surface area (Å²) < 4.78 is 10.3. The number of methoxy groups -OCH3 is 2. The molecule has 6 nitrogen and oxygen atoms in total. The number of carbonyl (C=O) groups excluding carboxylic acids is 1. The molecule has 0 aromatic heterocycles. The number of hydrogen-bond acceptors (Lipinski definition) is 5. The maximum absolute atomic E-state index is 12.2. The van der Waals surface area contributed by atoms with Crippen molar-refractivity contribution < 1.29 is 14.3 Å². The number of anilines is 2. The fourth-order valence-electron chi connectivity index (χ4n) is 2.00. The lowest BCUT2D eigenvalue weighted by Crippen LogP contribution is -2.14. The Labute approximate surface area is 150 Å². The van der Waals surface area contributed by atoms with Crippen molar-refractivity contribution in [3.63, 3.8) is 0 Å². The first-order chi connectivity index (χ1) is 12.1. The van der Waals surface area contributed by atoms with E-state index < -0.39 is 5.91 Å². The second kappa shape index (κ2) is 8.62. The lowest BCUT2D eigenvalue weighted by molar-refractivity contribution is -0.112. The summed E-state index contributed by atoms with van der Waals surface area (Å²) in [5, 5.41) is 15.1. The molecule has 1 amide bonds. The average molecular weight is 358 g/mol. The van der Waals surface area contributed by atoms with E-state index in [4.69, 9.17) is 21.1 Å². The zero-order valence-electron chi connectivity index (χ0n) is 13.7. The first-order valence-electron chi connectivity index (χ1n) is 7.23. The zero-order chi connectivity index (χ0) is 18.2. The number of para-hydroxylation sites is 2. The third-order valence-corrected chi connectivity index (χ3v) is 3.55. The molecule has 0 fully saturated rings. The summed E-state index contributed by atoms with van der Waals surface area (Å²) in [6.45, 7) is 0. The van der Waals surface area contributed by atoms with Gasteiger partial charge < -0.3 is 20.1 Å². The van der Waals surface area contributed by atoms with Crippen molar-refractivity contribution in [2.24, 2.45) is 0 Å². The molecule has 0 radical (unpaired) electrons. The van der Waals surface area contributed by atoms with Crippen molar-refractivity contribution in [2.75, 3.05) is 24.9 Å². The van der Waals surface area contributed by atoms with Crippen molar-refractivity contribution in [3.05, 3.63) is 59.3 Å². The normalized spacial score (nSPS) is 10.6. The predicted octanol–water partition coefficient (Wildman–Crippen LogP) is 3.82. The SMILES string of the molecule is COc1ccc(NC(=O)/C(C#N)=C\Nc2ccccc2OC)cc1Cl. The highest BCUT2D eigenvalue weighted by molar-refractivity contribution is 6.32. The summed E-state index contributed by atoms with van der Waals surface area (Å²) in [7, 11) is 3.04. The predicted molar refractivity (Wildman–Crippen MR) is 96.9 cm³/mol. The van der Waals surface area contributed by atoms with Crippen LogP contribution >= 0.6 is 11.6 Å². The molecule has 128 valence electrons. The summed E-state index contributed by atoms with van der Waals surface area (Å²) in [5.41, 5.74) is 0.991. The third-order valence-electron chi connectivity index (χ3n) is 3.25. The molecule has 2 aromatic carbocycles. The number of nitrogens with one attached hydrogen (secondary N) is 2. The van der Waals surface area contributed by atoms with Gasteiger partial charge in [-0.25, -0.2) is 0 Å². The fourth-order valence-corrected chi connectivity index (χ4v) is 2.26. The summed E-state index contributed by atoms with van der Waals surface area (Å²) in [6, 6.07) is 13.8.